The molecule has 0 heterocycles. The van der Waals surface area contributed by atoms with Crippen LogP contribution in [0, 0.1) is 5.82 Å². The smallest absolute Gasteiger partial charge is 0.305 e. The molecule has 0 N–H and O–H groups in total. The van der Waals surface area contributed by atoms with E-state index in [4.69, 9.17) is 14.2 Å². The van der Waals surface area contributed by atoms with Crippen molar-refractivity contribution in [3.05, 3.63) is 23.5 Å². The SMILES string of the molecule is CCOC(=O)CCCc1cc(F)cc(OC)c1OC. The van der Waals surface area contributed by atoms with Crippen molar-refractivity contribution in [1.82, 2.24) is 0 Å². The van der Waals surface area contributed by atoms with Crippen LogP contribution < -0.4 is 9.47 Å². The summed E-state index contributed by atoms with van der Waals surface area (Å²) in [5.74, 6) is 0.231. The van der Waals surface area contributed by atoms with E-state index < -0.39 is 0 Å². The van der Waals surface area contributed by atoms with Gasteiger partial charge in [-0.3, -0.25) is 4.79 Å². The Labute approximate surface area is 112 Å². The van der Waals surface area contributed by atoms with E-state index in [0.29, 0.717) is 42.9 Å². The number of esters is 1. The lowest BCUT2D eigenvalue weighted by atomic mass is 10.1. The fourth-order valence-electron chi connectivity index (χ4n) is 1.85. The number of halogens is 1. The molecular weight excluding hydrogens is 251 g/mol. The second-order valence-corrected chi connectivity index (χ2v) is 3.96. The van der Waals surface area contributed by atoms with Crippen LogP contribution in [0.2, 0.25) is 0 Å². The van der Waals surface area contributed by atoms with E-state index in [1.165, 1.54) is 26.4 Å². The maximum atomic E-state index is 13.4. The Morgan fingerprint density at radius 3 is 2.58 bits per heavy atom. The minimum Gasteiger partial charge on any atom is -0.493 e. The van der Waals surface area contributed by atoms with Crippen LogP contribution in [0.4, 0.5) is 4.39 Å². The molecule has 0 aromatic heterocycles. The summed E-state index contributed by atoms with van der Waals surface area (Å²) in [6, 6.07) is 2.67. The Morgan fingerprint density at radius 2 is 2.00 bits per heavy atom. The molecule has 0 saturated carbocycles. The number of carbonyl (C=O) groups is 1. The molecule has 0 aliphatic carbocycles. The fourth-order valence-corrected chi connectivity index (χ4v) is 1.85. The first kappa shape index (κ1) is 15.3. The van der Waals surface area contributed by atoms with Gasteiger partial charge >= 0.3 is 5.97 Å². The van der Waals surface area contributed by atoms with Crippen molar-refractivity contribution in [2.24, 2.45) is 0 Å². The Bertz CT molecular complexity index is 432. The third kappa shape index (κ3) is 4.43. The fraction of sp³-hybridized carbons (Fsp3) is 0.500. The Hall–Kier alpha value is -1.78. The summed E-state index contributed by atoms with van der Waals surface area (Å²) in [7, 11) is 2.96. The number of aryl methyl sites for hydroxylation is 1. The van der Waals surface area contributed by atoms with Gasteiger partial charge < -0.3 is 14.2 Å². The molecule has 0 saturated heterocycles. The van der Waals surface area contributed by atoms with E-state index in [9.17, 15) is 9.18 Å². The maximum Gasteiger partial charge on any atom is 0.305 e. The van der Waals surface area contributed by atoms with Crippen LogP contribution in [0.15, 0.2) is 12.1 Å². The second-order valence-electron chi connectivity index (χ2n) is 3.96. The molecule has 0 radical (unpaired) electrons. The zero-order valence-electron chi connectivity index (χ0n) is 11.5. The first-order chi connectivity index (χ1) is 9.12. The summed E-state index contributed by atoms with van der Waals surface area (Å²) in [6.45, 7) is 2.13. The lowest BCUT2D eigenvalue weighted by Crippen LogP contribution is -2.05. The molecule has 0 atom stereocenters. The van der Waals surface area contributed by atoms with Crippen molar-refractivity contribution in [1.29, 1.82) is 0 Å². The zero-order valence-corrected chi connectivity index (χ0v) is 11.5. The lowest BCUT2D eigenvalue weighted by molar-refractivity contribution is -0.143. The molecule has 0 unspecified atom stereocenters. The Balaban J connectivity index is 2.71. The summed E-state index contributed by atoms with van der Waals surface area (Å²) >= 11 is 0. The van der Waals surface area contributed by atoms with Gasteiger partial charge in [0.05, 0.1) is 20.8 Å². The highest BCUT2D eigenvalue weighted by molar-refractivity contribution is 5.69. The standard InChI is InChI=1S/C14H19FO4/c1-4-19-13(16)7-5-6-10-8-11(15)9-12(17-2)14(10)18-3/h8-9H,4-7H2,1-3H3. The first-order valence-electron chi connectivity index (χ1n) is 6.18. The van der Waals surface area contributed by atoms with Gasteiger partial charge in [-0.15, -0.1) is 0 Å². The molecule has 1 aromatic carbocycles. The van der Waals surface area contributed by atoms with Crippen LogP contribution in [0.5, 0.6) is 11.5 Å². The molecular formula is C14H19FO4. The van der Waals surface area contributed by atoms with Crippen molar-refractivity contribution < 1.29 is 23.4 Å². The average Bonchev–Trinajstić information content (AvgIpc) is 2.38. The highest BCUT2D eigenvalue weighted by Crippen LogP contribution is 2.33. The van der Waals surface area contributed by atoms with Gasteiger partial charge in [0.25, 0.3) is 0 Å². The van der Waals surface area contributed by atoms with Gasteiger partial charge in [0.2, 0.25) is 0 Å². The summed E-state index contributed by atoms with van der Waals surface area (Å²) in [6.07, 6.45) is 1.40. The zero-order chi connectivity index (χ0) is 14.3. The van der Waals surface area contributed by atoms with E-state index >= 15 is 0 Å². The minimum atomic E-state index is -0.385. The molecule has 0 amide bonds. The highest BCUT2D eigenvalue weighted by Gasteiger charge is 2.13. The van der Waals surface area contributed by atoms with Crippen molar-refractivity contribution in [2.75, 3.05) is 20.8 Å². The predicted molar refractivity (Wildman–Crippen MR) is 69.1 cm³/mol. The highest BCUT2D eigenvalue weighted by atomic mass is 19.1. The molecule has 0 aliphatic heterocycles. The Morgan fingerprint density at radius 1 is 1.26 bits per heavy atom. The number of hydrogen-bond acceptors (Lipinski definition) is 4. The number of carbonyl (C=O) groups excluding carboxylic acids is 1. The van der Waals surface area contributed by atoms with Gasteiger partial charge in [-0.05, 0) is 25.8 Å². The number of rotatable bonds is 7. The molecule has 0 fully saturated rings. The van der Waals surface area contributed by atoms with E-state index in [2.05, 4.69) is 0 Å². The van der Waals surface area contributed by atoms with E-state index in [-0.39, 0.29) is 11.8 Å². The van der Waals surface area contributed by atoms with Crippen LogP contribution in [0.1, 0.15) is 25.3 Å². The molecule has 4 nitrogen and oxygen atoms in total. The number of benzene rings is 1. The molecule has 0 aliphatic rings. The number of hydrogen-bond donors (Lipinski definition) is 0. The normalized spacial score (nSPS) is 10.1. The number of ether oxygens (including phenoxy) is 3. The largest absolute Gasteiger partial charge is 0.493 e. The number of methoxy groups -OCH3 is 2. The van der Waals surface area contributed by atoms with Gasteiger partial charge in [-0.25, -0.2) is 4.39 Å². The van der Waals surface area contributed by atoms with Crippen molar-refractivity contribution in [2.45, 2.75) is 26.2 Å². The van der Waals surface area contributed by atoms with Gasteiger partial charge in [0, 0.05) is 18.1 Å². The topological polar surface area (TPSA) is 44.8 Å². The van der Waals surface area contributed by atoms with E-state index in [0.717, 1.165) is 0 Å². The van der Waals surface area contributed by atoms with Crippen molar-refractivity contribution in [3.8, 4) is 11.5 Å². The lowest BCUT2D eigenvalue weighted by Gasteiger charge is -2.12. The van der Waals surface area contributed by atoms with Crippen LogP contribution >= 0.6 is 0 Å². The predicted octanol–water partition coefficient (Wildman–Crippen LogP) is 2.73. The molecule has 5 heteroatoms. The quantitative estimate of drug-likeness (QED) is 0.715. The average molecular weight is 270 g/mol. The van der Waals surface area contributed by atoms with Crippen LogP contribution in [-0.4, -0.2) is 26.8 Å². The summed E-state index contributed by atoms with van der Waals surface area (Å²) < 4.78 is 28.5. The molecule has 1 aromatic rings. The van der Waals surface area contributed by atoms with E-state index in [1.807, 2.05) is 0 Å². The maximum absolute atomic E-state index is 13.4. The van der Waals surface area contributed by atoms with Crippen LogP contribution in [-0.2, 0) is 16.0 Å². The van der Waals surface area contributed by atoms with Crippen LogP contribution in [0.25, 0.3) is 0 Å². The first-order valence-corrected chi connectivity index (χ1v) is 6.18. The summed E-state index contributed by atoms with van der Waals surface area (Å²) in [4.78, 5) is 11.2. The van der Waals surface area contributed by atoms with E-state index in [1.54, 1.807) is 6.92 Å². The molecule has 0 bridgehead atoms. The molecule has 1 rings (SSSR count). The summed E-state index contributed by atoms with van der Waals surface area (Å²) in [5, 5.41) is 0. The van der Waals surface area contributed by atoms with Gasteiger partial charge in [0.15, 0.2) is 11.5 Å². The molecule has 19 heavy (non-hydrogen) atoms. The van der Waals surface area contributed by atoms with Crippen molar-refractivity contribution >= 4 is 5.97 Å². The Kier molecular flexibility index (Phi) is 6.12. The molecule has 106 valence electrons. The third-order valence-corrected chi connectivity index (χ3v) is 2.65. The van der Waals surface area contributed by atoms with Crippen molar-refractivity contribution in [3.63, 3.8) is 0 Å². The van der Waals surface area contributed by atoms with Crippen LogP contribution in [0.3, 0.4) is 0 Å². The second kappa shape index (κ2) is 7.61. The van der Waals surface area contributed by atoms with Gasteiger partial charge in [0.1, 0.15) is 5.82 Å². The minimum absolute atomic E-state index is 0.246. The van der Waals surface area contributed by atoms with Gasteiger partial charge in [-0.2, -0.15) is 0 Å². The third-order valence-electron chi connectivity index (χ3n) is 2.65. The summed E-state index contributed by atoms with van der Waals surface area (Å²) in [5.41, 5.74) is 0.684. The molecule has 0 spiro atoms. The van der Waals surface area contributed by atoms with Gasteiger partial charge in [-0.1, -0.05) is 0 Å². The monoisotopic (exact) mass is 270 g/mol.